The van der Waals surface area contributed by atoms with Crippen molar-refractivity contribution in [2.75, 3.05) is 20.1 Å². The van der Waals surface area contributed by atoms with Crippen LogP contribution in [0.5, 0.6) is 0 Å². The molecule has 4 heteroatoms. The maximum Gasteiger partial charge on any atom is 0.0482 e. The second kappa shape index (κ2) is 6.25. The van der Waals surface area contributed by atoms with Gasteiger partial charge >= 0.3 is 0 Å². The maximum absolute atomic E-state index is 6.24. The van der Waals surface area contributed by atoms with Gasteiger partial charge in [-0.25, -0.2) is 0 Å². The summed E-state index contributed by atoms with van der Waals surface area (Å²) in [5.74, 6) is 0. The number of hydrogen-bond acceptors (Lipinski definition) is 2. The average molecular weight is 289 g/mol. The molecule has 0 saturated heterocycles. The Kier molecular flexibility index (Phi) is 5.47. The molecule has 0 aliphatic heterocycles. The number of rotatable bonds is 4. The summed E-state index contributed by atoms with van der Waals surface area (Å²) in [4.78, 5) is 2.23. The lowest BCUT2D eigenvalue weighted by molar-refractivity contribution is 0.176. The van der Waals surface area contributed by atoms with E-state index in [0.717, 1.165) is 17.1 Å². The number of halogens is 2. The zero-order chi connectivity index (χ0) is 13.9. The highest BCUT2D eigenvalue weighted by molar-refractivity contribution is 6.33. The van der Waals surface area contributed by atoms with E-state index in [1.807, 2.05) is 12.1 Å². The van der Waals surface area contributed by atoms with E-state index in [-0.39, 0.29) is 11.5 Å². The van der Waals surface area contributed by atoms with Gasteiger partial charge in [0.2, 0.25) is 0 Å². The third kappa shape index (κ3) is 4.43. The van der Waals surface area contributed by atoms with Crippen molar-refractivity contribution in [1.29, 1.82) is 0 Å². The molecule has 0 saturated carbocycles. The number of nitrogens with two attached hydrogens (primary N) is 1. The number of nitrogens with zero attached hydrogens (tertiary/aromatic N) is 1. The van der Waals surface area contributed by atoms with Crippen LogP contribution in [0, 0.1) is 5.41 Å². The average Bonchev–Trinajstić information content (AvgIpc) is 2.21. The fraction of sp³-hybridized carbons (Fsp3) is 0.571. The molecule has 0 fully saturated rings. The monoisotopic (exact) mass is 288 g/mol. The quantitative estimate of drug-likeness (QED) is 0.908. The molecule has 2 N–H and O–H groups in total. The van der Waals surface area contributed by atoms with Crippen LogP contribution in [0.4, 0.5) is 0 Å². The minimum Gasteiger partial charge on any atom is -0.329 e. The van der Waals surface area contributed by atoms with Gasteiger partial charge in [-0.2, -0.15) is 0 Å². The van der Waals surface area contributed by atoms with E-state index in [4.69, 9.17) is 28.9 Å². The minimum atomic E-state index is 0.0930. The van der Waals surface area contributed by atoms with E-state index in [1.165, 1.54) is 0 Å². The smallest absolute Gasteiger partial charge is 0.0482 e. The molecule has 0 aliphatic carbocycles. The Hall–Kier alpha value is -0.280. The first kappa shape index (κ1) is 15.8. The summed E-state index contributed by atoms with van der Waals surface area (Å²) >= 11 is 12.3. The lowest BCUT2D eigenvalue weighted by atomic mass is 9.94. The summed E-state index contributed by atoms with van der Waals surface area (Å²) in [5.41, 5.74) is 7.11. The summed E-state index contributed by atoms with van der Waals surface area (Å²) in [7, 11) is 2.07. The van der Waals surface area contributed by atoms with Gasteiger partial charge in [0.25, 0.3) is 0 Å². The Morgan fingerprint density at radius 3 is 2.39 bits per heavy atom. The van der Waals surface area contributed by atoms with Gasteiger partial charge in [-0.1, -0.05) is 44.0 Å². The SMILES string of the molecule is CN(CC(C)(C)C)C(CN)c1cc(Cl)ccc1Cl. The van der Waals surface area contributed by atoms with Gasteiger partial charge in [0, 0.05) is 29.2 Å². The van der Waals surface area contributed by atoms with Crippen LogP contribution >= 0.6 is 23.2 Å². The maximum atomic E-state index is 6.24. The van der Waals surface area contributed by atoms with E-state index >= 15 is 0 Å². The fourth-order valence-corrected chi connectivity index (χ4v) is 2.60. The molecule has 1 atom stereocenters. The molecule has 1 unspecified atom stereocenters. The highest BCUT2D eigenvalue weighted by Crippen LogP contribution is 2.30. The zero-order valence-corrected chi connectivity index (χ0v) is 13.0. The predicted octanol–water partition coefficient (Wildman–Crippen LogP) is 3.97. The van der Waals surface area contributed by atoms with Crippen LogP contribution in [-0.2, 0) is 0 Å². The number of likely N-dealkylation sites (N-methyl/N-ethyl adjacent to an activating group) is 1. The van der Waals surface area contributed by atoms with Crippen molar-refractivity contribution in [2.24, 2.45) is 11.1 Å². The molecule has 2 nitrogen and oxygen atoms in total. The van der Waals surface area contributed by atoms with Gasteiger partial charge < -0.3 is 5.73 Å². The van der Waals surface area contributed by atoms with Gasteiger partial charge in [0.05, 0.1) is 0 Å². The Bertz CT molecular complexity index is 399. The zero-order valence-electron chi connectivity index (χ0n) is 11.5. The van der Waals surface area contributed by atoms with Gasteiger partial charge in [0.15, 0.2) is 0 Å². The highest BCUT2D eigenvalue weighted by atomic mass is 35.5. The highest BCUT2D eigenvalue weighted by Gasteiger charge is 2.22. The largest absolute Gasteiger partial charge is 0.329 e. The first-order chi connectivity index (χ1) is 8.24. The predicted molar refractivity (Wildman–Crippen MR) is 80.3 cm³/mol. The van der Waals surface area contributed by atoms with E-state index in [9.17, 15) is 0 Å². The third-order valence-electron chi connectivity index (χ3n) is 2.80. The van der Waals surface area contributed by atoms with Crippen LogP contribution in [0.1, 0.15) is 32.4 Å². The molecular formula is C14H22Cl2N2. The molecule has 0 amide bonds. The van der Waals surface area contributed by atoms with E-state index in [2.05, 4.69) is 32.7 Å². The first-order valence-electron chi connectivity index (χ1n) is 6.10. The fourth-order valence-electron chi connectivity index (χ4n) is 2.17. The summed E-state index contributed by atoms with van der Waals surface area (Å²) in [6.07, 6.45) is 0. The van der Waals surface area contributed by atoms with Gasteiger partial charge in [-0.05, 0) is 36.2 Å². The van der Waals surface area contributed by atoms with Crippen molar-refractivity contribution >= 4 is 23.2 Å². The molecule has 0 radical (unpaired) electrons. The van der Waals surface area contributed by atoms with Crippen molar-refractivity contribution in [3.8, 4) is 0 Å². The summed E-state index contributed by atoms with van der Waals surface area (Å²) in [6, 6.07) is 5.62. The molecule has 18 heavy (non-hydrogen) atoms. The van der Waals surface area contributed by atoms with Crippen molar-refractivity contribution < 1.29 is 0 Å². The first-order valence-corrected chi connectivity index (χ1v) is 6.85. The van der Waals surface area contributed by atoms with Crippen molar-refractivity contribution in [1.82, 2.24) is 4.90 Å². The van der Waals surface area contributed by atoms with Crippen LogP contribution in [0.15, 0.2) is 18.2 Å². The molecule has 1 rings (SSSR count). The van der Waals surface area contributed by atoms with Crippen molar-refractivity contribution in [2.45, 2.75) is 26.8 Å². The Labute approximate surface area is 120 Å². The lowest BCUT2D eigenvalue weighted by Gasteiger charge is -2.33. The van der Waals surface area contributed by atoms with Crippen LogP contribution < -0.4 is 5.73 Å². The molecule has 102 valence electrons. The van der Waals surface area contributed by atoms with Crippen LogP contribution in [0.25, 0.3) is 0 Å². The van der Waals surface area contributed by atoms with Gasteiger partial charge in [-0.3, -0.25) is 4.90 Å². The lowest BCUT2D eigenvalue weighted by Crippen LogP contribution is -2.36. The molecule has 0 aromatic heterocycles. The van der Waals surface area contributed by atoms with Crippen LogP contribution in [0.3, 0.4) is 0 Å². The molecule has 0 heterocycles. The minimum absolute atomic E-state index is 0.0930. The topological polar surface area (TPSA) is 29.3 Å². The second-order valence-corrected chi connectivity index (χ2v) is 6.74. The van der Waals surface area contributed by atoms with E-state index < -0.39 is 0 Å². The number of hydrogen-bond donors (Lipinski definition) is 1. The van der Waals surface area contributed by atoms with Crippen molar-refractivity contribution in [3.05, 3.63) is 33.8 Å². The molecule has 0 aliphatic rings. The van der Waals surface area contributed by atoms with Crippen LogP contribution in [-0.4, -0.2) is 25.0 Å². The van der Waals surface area contributed by atoms with Gasteiger partial charge in [-0.15, -0.1) is 0 Å². The van der Waals surface area contributed by atoms with Gasteiger partial charge in [0.1, 0.15) is 0 Å². The summed E-state index contributed by atoms with van der Waals surface area (Å²) in [6.45, 7) is 8.08. The molecule has 0 bridgehead atoms. The molecule has 1 aromatic rings. The normalized spacial score (nSPS) is 14.0. The molecule has 0 spiro atoms. The van der Waals surface area contributed by atoms with Crippen LogP contribution in [0.2, 0.25) is 10.0 Å². The Morgan fingerprint density at radius 2 is 1.89 bits per heavy atom. The third-order valence-corrected chi connectivity index (χ3v) is 3.38. The Morgan fingerprint density at radius 1 is 1.28 bits per heavy atom. The standard InChI is InChI=1S/C14H22Cl2N2/c1-14(2,3)9-18(4)13(8-17)11-7-10(15)5-6-12(11)16/h5-7,13H,8-9,17H2,1-4H3. The Balaban J connectivity index is 2.98. The molecule has 1 aromatic carbocycles. The summed E-state index contributed by atoms with van der Waals surface area (Å²) < 4.78 is 0. The summed E-state index contributed by atoms with van der Waals surface area (Å²) in [5, 5.41) is 1.41. The number of benzene rings is 1. The molecular weight excluding hydrogens is 267 g/mol. The second-order valence-electron chi connectivity index (χ2n) is 5.89. The van der Waals surface area contributed by atoms with Crippen molar-refractivity contribution in [3.63, 3.8) is 0 Å². The van der Waals surface area contributed by atoms with E-state index in [0.29, 0.717) is 11.6 Å². The van der Waals surface area contributed by atoms with E-state index in [1.54, 1.807) is 6.07 Å².